The van der Waals surface area contributed by atoms with Crippen molar-refractivity contribution in [1.29, 1.82) is 0 Å². The van der Waals surface area contributed by atoms with Crippen LogP contribution in [0.25, 0.3) is 0 Å². The first-order valence-electron chi connectivity index (χ1n) is 3.49. The fraction of sp³-hybridized carbons (Fsp3) is 0.125. The van der Waals surface area contributed by atoms with Gasteiger partial charge in [-0.25, -0.2) is 4.39 Å². The molecule has 13 heavy (non-hydrogen) atoms. The molecule has 0 radical (unpaired) electrons. The Bertz CT molecular complexity index is 332. The molecule has 70 valence electrons. The van der Waals surface area contributed by atoms with Gasteiger partial charge >= 0.3 is 0 Å². The lowest BCUT2D eigenvalue weighted by molar-refractivity contribution is -0.113. The summed E-state index contributed by atoms with van der Waals surface area (Å²) in [6, 6.07) is 4.33. The molecule has 0 spiro atoms. The summed E-state index contributed by atoms with van der Waals surface area (Å²) in [6.45, 7) is 0. The Balaban J connectivity index is 2.87. The summed E-state index contributed by atoms with van der Waals surface area (Å²) in [6.07, 6.45) is 0. The van der Waals surface area contributed by atoms with Crippen LogP contribution in [0.4, 0.5) is 10.1 Å². The van der Waals surface area contributed by atoms with Crippen LogP contribution in [0.5, 0.6) is 0 Å². The van der Waals surface area contributed by atoms with Crippen molar-refractivity contribution in [2.24, 2.45) is 0 Å². The molecule has 0 atom stereocenters. The van der Waals surface area contributed by atoms with Crippen molar-refractivity contribution in [2.45, 2.75) is 0 Å². The lowest BCUT2D eigenvalue weighted by Gasteiger charge is -2.04. The highest BCUT2D eigenvalue weighted by Gasteiger charge is 2.05. The lowest BCUT2D eigenvalue weighted by Crippen LogP contribution is -2.13. The monoisotopic (exact) mass is 263 g/mol. The van der Waals surface area contributed by atoms with E-state index in [0.29, 0.717) is 4.47 Å². The van der Waals surface area contributed by atoms with Crippen molar-refractivity contribution < 1.29 is 9.18 Å². The van der Waals surface area contributed by atoms with Gasteiger partial charge in [-0.3, -0.25) is 4.79 Å². The third-order valence-electron chi connectivity index (χ3n) is 1.35. The molecule has 0 aliphatic rings. The van der Waals surface area contributed by atoms with Gasteiger partial charge in [0.2, 0.25) is 5.91 Å². The fourth-order valence-electron chi connectivity index (χ4n) is 0.783. The van der Waals surface area contributed by atoms with E-state index in [2.05, 4.69) is 33.9 Å². The highest BCUT2D eigenvalue weighted by Crippen LogP contribution is 2.19. The van der Waals surface area contributed by atoms with Gasteiger partial charge in [0.05, 0.1) is 11.4 Å². The Hall–Kier alpha value is -0.550. The summed E-state index contributed by atoms with van der Waals surface area (Å²) < 4.78 is 13.7. The van der Waals surface area contributed by atoms with Gasteiger partial charge in [-0.1, -0.05) is 15.9 Å². The number of anilines is 1. The van der Waals surface area contributed by atoms with Crippen LogP contribution in [0.2, 0.25) is 0 Å². The molecule has 2 nitrogen and oxygen atoms in total. The smallest absolute Gasteiger partial charge is 0.234 e. The third-order valence-corrected chi connectivity index (χ3v) is 2.13. The number of carbonyl (C=O) groups is 1. The molecule has 1 amide bonds. The maximum absolute atomic E-state index is 13.0. The van der Waals surface area contributed by atoms with E-state index in [1.807, 2.05) is 0 Å². The standard InChI is InChI=1S/C8H7BrFNOS/c9-5-1-2-6(10)7(3-5)11-8(12)4-13/h1-3,13H,4H2,(H,11,12). The molecule has 0 saturated carbocycles. The van der Waals surface area contributed by atoms with Crippen LogP contribution in [0.15, 0.2) is 22.7 Å². The molecular formula is C8H7BrFNOS. The largest absolute Gasteiger partial charge is 0.323 e. The molecule has 0 heterocycles. The van der Waals surface area contributed by atoms with Crippen LogP contribution in [-0.4, -0.2) is 11.7 Å². The number of carbonyl (C=O) groups excluding carboxylic acids is 1. The van der Waals surface area contributed by atoms with E-state index < -0.39 is 5.82 Å². The van der Waals surface area contributed by atoms with E-state index >= 15 is 0 Å². The van der Waals surface area contributed by atoms with Crippen LogP contribution in [0, 0.1) is 5.82 Å². The van der Waals surface area contributed by atoms with E-state index in [0.717, 1.165) is 0 Å². The first kappa shape index (κ1) is 10.5. The molecular weight excluding hydrogens is 257 g/mol. The number of hydrogen-bond donors (Lipinski definition) is 2. The van der Waals surface area contributed by atoms with Crippen molar-refractivity contribution in [2.75, 3.05) is 11.1 Å². The van der Waals surface area contributed by atoms with Crippen molar-refractivity contribution in [3.05, 3.63) is 28.5 Å². The normalized spacial score (nSPS) is 9.77. The SMILES string of the molecule is O=C(CS)Nc1cc(Br)ccc1F. The van der Waals surface area contributed by atoms with Crippen LogP contribution in [0.1, 0.15) is 0 Å². The number of hydrogen-bond acceptors (Lipinski definition) is 2. The molecule has 1 rings (SSSR count). The predicted octanol–water partition coefficient (Wildman–Crippen LogP) is 2.46. The van der Waals surface area contributed by atoms with Crippen molar-refractivity contribution in [1.82, 2.24) is 0 Å². The molecule has 0 saturated heterocycles. The molecule has 0 unspecified atom stereocenters. The summed E-state index contributed by atoms with van der Waals surface area (Å²) in [5.41, 5.74) is 0.161. The molecule has 0 aromatic heterocycles. The second-order valence-corrected chi connectivity index (χ2v) is 3.56. The van der Waals surface area contributed by atoms with Gasteiger partial charge in [0, 0.05) is 4.47 Å². The molecule has 1 aromatic carbocycles. The zero-order valence-corrected chi connectivity index (χ0v) is 9.03. The number of halogens is 2. The van der Waals surface area contributed by atoms with Crippen LogP contribution in [-0.2, 0) is 4.79 Å². The van der Waals surface area contributed by atoms with E-state index in [1.54, 1.807) is 6.07 Å². The minimum atomic E-state index is -0.460. The van der Waals surface area contributed by atoms with Crippen LogP contribution >= 0.6 is 28.6 Å². The fourth-order valence-corrected chi connectivity index (χ4v) is 1.22. The Labute approximate surface area is 89.1 Å². The van der Waals surface area contributed by atoms with Gasteiger partial charge in [-0.2, -0.15) is 12.6 Å². The van der Waals surface area contributed by atoms with E-state index in [9.17, 15) is 9.18 Å². The van der Waals surface area contributed by atoms with Crippen molar-refractivity contribution in [3.8, 4) is 0 Å². The topological polar surface area (TPSA) is 29.1 Å². The van der Waals surface area contributed by atoms with Gasteiger partial charge in [-0.05, 0) is 18.2 Å². The van der Waals surface area contributed by atoms with Crippen LogP contribution < -0.4 is 5.32 Å². The quantitative estimate of drug-likeness (QED) is 0.789. The van der Waals surface area contributed by atoms with Gasteiger partial charge in [-0.15, -0.1) is 0 Å². The van der Waals surface area contributed by atoms with Crippen molar-refractivity contribution in [3.63, 3.8) is 0 Å². The Morgan fingerprint density at radius 2 is 2.31 bits per heavy atom. The molecule has 0 aliphatic carbocycles. The lowest BCUT2D eigenvalue weighted by atomic mass is 10.3. The molecule has 0 aliphatic heterocycles. The average molecular weight is 264 g/mol. The van der Waals surface area contributed by atoms with Crippen molar-refractivity contribution >= 4 is 40.2 Å². The molecule has 1 N–H and O–H groups in total. The Kier molecular flexibility index (Phi) is 3.74. The van der Waals surface area contributed by atoms with Gasteiger partial charge < -0.3 is 5.32 Å². The van der Waals surface area contributed by atoms with E-state index in [4.69, 9.17) is 0 Å². The number of nitrogens with one attached hydrogen (secondary N) is 1. The summed E-state index contributed by atoms with van der Waals surface area (Å²) in [4.78, 5) is 10.9. The molecule has 0 fully saturated rings. The number of amides is 1. The number of thiol groups is 1. The highest BCUT2D eigenvalue weighted by molar-refractivity contribution is 9.10. The first-order valence-corrected chi connectivity index (χ1v) is 4.92. The third kappa shape index (κ3) is 3.00. The Morgan fingerprint density at radius 3 is 2.92 bits per heavy atom. The first-order chi connectivity index (χ1) is 6.13. The minimum Gasteiger partial charge on any atom is -0.323 e. The zero-order chi connectivity index (χ0) is 9.84. The predicted molar refractivity (Wildman–Crippen MR) is 56.6 cm³/mol. The molecule has 0 bridgehead atoms. The molecule has 5 heteroatoms. The van der Waals surface area contributed by atoms with Gasteiger partial charge in [0.1, 0.15) is 5.82 Å². The van der Waals surface area contributed by atoms with E-state index in [-0.39, 0.29) is 17.3 Å². The van der Waals surface area contributed by atoms with Gasteiger partial charge in [0.25, 0.3) is 0 Å². The second kappa shape index (κ2) is 4.62. The summed E-state index contributed by atoms with van der Waals surface area (Å²) in [5, 5.41) is 2.38. The summed E-state index contributed by atoms with van der Waals surface area (Å²) in [5.74, 6) is -0.759. The Morgan fingerprint density at radius 1 is 1.62 bits per heavy atom. The number of benzene rings is 1. The number of rotatable bonds is 2. The second-order valence-electron chi connectivity index (χ2n) is 2.33. The molecule has 1 aromatic rings. The van der Waals surface area contributed by atoms with Crippen LogP contribution in [0.3, 0.4) is 0 Å². The maximum Gasteiger partial charge on any atom is 0.234 e. The van der Waals surface area contributed by atoms with Gasteiger partial charge in [0.15, 0.2) is 0 Å². The zero-order valence-electron chi connectivity index (χ0n) is 6.55. The summed E-state index contributed by atoms with van der Waals surface area (Å²) >= 11 is 6.93. The van der Waals surface area contributed by atoms with E-state index in [1.165, 1.54) is 12.1 Å². The average Bonchev–Trinajstić information content (AvgIpc) is 2.11. The minimum absolute atomic E-state index is 0.0337. The highest BCUT2D eigenvalue weighted by atomic mass is 79.9. The summed E-state index contributed by atoms with van der Waals surface area (Å²) in [7, 11) is 0. The maximum atomic E-state index is 13.0.